The van der Waals surface area contributed by atoms with Crippen LogP contribution in [0.3, 0.4) is 0 Å². The Morgan fingerprint density at radius 1 is 1.04 bits per heavy atom. The number of halogens is 1. The Kier molecular flexibility index (Phi) is 6.28. The van der Waals surface area contributed by atoms with Crippen molar-refractivity contribution in [3.05, 3.63) is 65.0 Å². The zero-order valence-electron chi connectivity index (χ0n) is 14.6. The van der Waals surface area contributed by atoms with Gasteiger partial charge in [-0.15, -0.1) is 0 Å². The number of esters is 1. The molecule has 2 rings (SSSR count). The van der Waals surface area contributed by atoms with E-state index < -0.39 is 23.8 Å². The molecule has 2 aromatic carbocycles. The lowest BCUT2D eigenvalue weighted by Gasteiger charge is -2.17. The van der Waals surface area contributed by atoms with Crippen LogP contribution in [0.2, 0.25) is 0 Å². The van der Waals surface area contributed by atoms with Crippen molar-refractivity contribution in [3.63, 3.8) is 0 Å². The minimum Gasteiger partial charge on any atom is -0.449 e. The average Bonchev–Trinajstić information content (AvgIpc) is 2.62. The molecule has 4 nitrogen and oxygen atoms in total. The Balaban J connectivity index is 2.08. The first-order valence-electron chi connectivity index (χ1n) is 8.34. The molecule has 0 unspecified atom stereocenters. The number of benzene rings is 2. The first-order chi connectivity index (χ1) is 12.0. The van der Waals surface area contributed by atoms with E-state index in [2.05, 4.69) is 5.32 Å². The summed E-state index contributed by atoms with van der Waals surface area (Å²) in [5.41, 5.74) is 3.04. The maximum atomic E-state index is 12.9. The highest BCUT2D eigenvalue weighted by atomic mass is 19.1. The summed E-state index contributed by atoms with van der Waals surface area (Å²) in [4.78, 5) is 24.5. The molecule has 0 aromatic heterocycles. The Morgan fingerprint density at radius 2 is 1.60 bits per heavy atom. The molecule has 0 bridgehead atoms. The highest BCUT2D eigenvalue weighted by molar-refractivity contribution is 5.98. The number of anilines is 1. The smallest absolute Gasteiger partial charge is 0.338 e. The summed E-state index contributed by atoms with van der Waals surface area (Å²) in [5.74, 6) is -1.50. The SMILES string of the molecule is CCc1cccc(CC)c1NC(=O)[C@H](C)OC(=O)c1ccc(F)cc1. The van der Waals surface area contributed by atoms with Crippen molar-refractivity contribution in [1.82, 2.24) is 0 Å². The van der Waals surface area contributed by atoms with Gasteiger partial charge in [-0.3, -0.25) is 4.79 Å². The van der Waals surface area contributed by atoms with Gasteiger partial charge < -0.3 is 10.1 Å². The minimum absolute atomic E-state index is 0.198. The Hall–Kier alpha value is -2.69. The largest absolute Gasteiger partial charge is 0.449 e. The van der Waals surface area contributed by atoms with Crippen molar-refractivity contribution in [2.45, 2.75) is 39.7 Å². The van der Waals surface area contributed by atoms with Crippen molar-refractivity contribution in [3.8, 4) is 0 Å². The number of aryl methyl sites for hydroxylation is 2. The molecule has 0 radical (unpaired) electrons. The summed E-state index contributed by atoms with van der Waals surface area (Å²) in [7, 11) is 0. The quantitative estimate of drug-likeness (QED) is 0.802. The molecule has 1 N–H and O–H groups in total. The van der Waals surface area contributed by atoms with Crippen molar-refractivity contribution >= 4 is 17.6 Å². The van der Waals surface area contributed by atoms with Crippen LogP contribution < -0.4 is 5.32 Å². The first-order valence-corrected chi connectivity index (χ1v) is 8.34. The average molecular weight is 343 g/mol. The van der Waals surface area contributed by atoms with Gasteiger partial charge >= 0.3 is 5.97 Å². The van der Waals surface area contributed by atoms with E-state index in [1.54, 1.807) is 0 Å². The molecule has 0 aliphatic heterocycles. The second-order valence-electron chi connectivity index (χ2n) is 5.70. The van der Waals surface area contributed by atoms with Gasteiger partial charge in [-0.2, -0.15) is 0 Å². The van der Waals surface area contributed by atoms with E-state index in [0.29, 0.717) is 0 Å². The van der Waals surface area contributed by atoms with E-state index in [9.17, 15) is 14.0 Å². The number of carbonyl (C=O) groups is 2. The summed E-state index contributed by atoms with van der Waals surface area (Å²) in [5, 5.41) is 2.87. The van der Waals surface area contributed by atoms with Gasteiger partial charge in [-0.05, 0) is 55.2 Å². The van der Waals surface area contributed by atoms with E-state index in [1.165, 1.54) is 31.2 Å². The van der Waals surface area contributed by atoms with E-state index >= 15 is 0 Å². The number of carbonyl (C=O) groups excluding carboxylic acids is 2. The topological polar surface area (TPSA) is 55.4 Å². The summed E-state index contributed by atoms with van der Waals surface area (Å²) in [6, 6.07) is 10.9. The fraction of sp³-hybridized carbons (Fsp3) is 0.300. The van der Waals surface area contributed by atoms with Crippen LogP contribution in [0.25, 0.3) is 0 Å². The molecule has 25 heavy (non-hydrogen) atoms. The van der Waals surface area contributed by atoms with Crippen LogP contribution in [-0.4, -0.2) is 18.0 Å². The number of rotatable bonds is 6. The van der Waals surface area contributed by atoms with Crippen LogP contribution in [0.5, 0.6) is 0 Å². The van der Waals surface area contributed by atoms with Crippen LogP contribution in [0.4, 0.5) is 10.1 Å². The maximum absolute atomic E-state index is 12.9. The standard InChI is InChI=1S/C20H22FNO3/c1-4-14-7-6-8-15(5-2)18(14)22-19(23)13(3)25-20(24)16-9-11-17(21)12-10-16/h6-13H,4-5H2,1-3H3,(H,22,23)/t13-/m0/s1. The molecule has 1 atom stereocenters. The van der Waals surface area contributed by atoms with Gasteiger partial charge in [0.2, 0.25) is 0 Å². The molecule has 0 heterocycles. The third-order valence-electron chi connectivity index (χ3n) is 3.98. The van der Waals surface area contributed by atoms with Gasteiger partial charge in [0, 0.05) is 5.69 Å². The van der Waals surface area contributed by atoms with Gasteiger partial charge in [0.1, 0.15) is 5.82 Å². The summed E-state index contributed by atoms with van der Waals surface area (Å²) < 4.78 is 18.1. The highest BCUT2D eigenvalue weighted by Crippen LogP contribution is 2.23. The van der Waals surface area contributed by atoms with Crippen LogP contribution in [-0.2, 0) is 22.4 Å². The molecule has 0 saturated heterocycles. The fourth-order valence-electron chi connectivity index (χ4n) is 2.50. The predicted octanol–water partition coefficient (Wildman–Crippen LogP) is 4.13. The number of ether oxygens (including phenoxy) is 1. The molecular weight excluding hydrogens is 321 g/mol. The fourth-order valence-corrected chi connectivity index (χ4v) is 2.50. The highest BCUT2D eigenvalue weighted by Gasteiger charge is 2.20. The molecule has 0 saturated carbocycles. The first kappa shape index (κ1) is 18.6. The van der Waals surface area contributed by atoms with E-state index in [4.69, 9.17) is 4.74 Å². The van der Waals surface area contributed by atoms with Gasteiger partial charge in [0.25, 0.3) is 5.91 Å². The molecule has 2 aromatic rings. The molecule has 0 aliphatic rings. The Bertz CT molecular complexity index is 734. The molecular formula is C20H22FNO3. The lowest BCUT2D eigenvalue weighted by atomic mass is 10.0. The number of nitrogens with one attached hydrogen (secondary N) is 1. The normalized spacial score (nSPS) is 11.7. The van der Waals surface area contributed by atoms with E-state index in [-0.39, 0.29) is 5.56 Å². The van der Waals surface area contributed by atoms with Crippen LogP contribution in [0, 0.1) is 5.82 Å². The molecule has 0 aliphatic carbocycles. The lowest BCUT2D eigenvalue weighted by molar-refractivity contribution is -0.123. The van der Waals surface area contributed by atoms with Crippen LogP contribution >= 0.6 is 0 Å². The third kappa shape index (κ3) is 4.66. The number of para-hydroxylation sites is 1. The second kappa shape index (κ2) is 8.42. The summed E-state index contributed by atoms with van der Waals surface area (Å²) >= 11 is 0. The van der Waals surface area contributed by atoms with Gasteiger partial charge in [-0.25, -0.2) is 9.18 Å². The zero-order valence-corrected chi connectivity index (χ0v) is 14.6. The van der Waals surface area contributed by atoms with Crippen molar-refractivity contribution in [2.75, 3.05) is 5.32 Å². The summed E-state index contributed by atoms with van der Waals surface area (Å²) in [6.45, 7) is 5.54. The molecule has 5 heteroatoms. The number of hydrogen-bond donors (Lipinski definition) is 1. The Morgan fingerprint density at radius 3 is 2.12 bits per heavy atom. The van der Waals surface area contributed by atoms with Crippen molar-refractivity contribution < 1.29 is 18.7 Å². The second-order valence-corrected chi connectivity index (χ2v) is 5.70. The van der Waals surface area contributed by atoms with Crippen molar-refractivity contribution in [1.29, 1.82) is 0 Å². The molecule has 1 amide bonds. The molecule has 132 valence electrons. The predicted molar refractivity (Wildman–Crippen MR) is 95.1 cm³/mol. The van der Waals surface area contributed by atoms with Crippen LogP contribution in [0.1, 0.15) is 42.3 Å². The monoisotopic (exact) mass is 343 g/mol. The third-order valence-corrected chi connectivity index (χ3v) is 3.98. The summed E-state index contributed by atoms with van der Waals surface area (Å²) in [6.07, 6.45) is 0.604. The number of amides is 1. The molecule has 0 fully saturated rings. The maximum Gasteiger partial charge on any atom is 0.338 e. The van der Waals surface area contributed by atoms with Crippen molar-refractivity contribution in [2.24, 2.45) is 0 Å². The zero-order chi connectivity index (χ0) is 18.4. The van der Waals surface area contributed by atoms with Gasteiger partial charge in [0.15, 0.2) is 6.10 Å². The minimum atomic E-state index is -0.966. The van der Waals surface area contributed by atoms with E-state index in [1.807, 2.05) is 32.0 Å². The molecule has 0 spiro atoms. The van der Waals surface area contributed by atoms with Crippen LogP contribution in [0.15, 0.2) is 42.5 Å². The van der Waals surface area contributed by atoms with E-state index in [0.717, 1.165) is 29.7 Å². The Labute approximate surface area is 147 Å². The van der Waals surface area contributed by atoms with Gasteiger partial charge in [-0.1, -0.05) is 32.0 Å². The lowest BCUT2D eigenvalue weighted by Crippen LogP contribution is -2.30. The number of hydrogen-bond acceptors (Lipinski definition) is 3. The van der Waals surface area contributed by atoms with Gasteiger partial charge in [0.05, 0.1) is 5.56 Å².